The van der Waals surface area contributed by atoms with E-state index in [2.05, 4.69) is 4.98 Å². The second kappa shape index (κ2) is 5.36. The maximum absolute atomic E-state index is 13.2. The highest BCUT2D eigenvalue weighted by molar-refractivity contribution is 6.05. The lowest BCUT2D eigenvalue weighted by atomic mass is 10.2. The number of para-hydroxylation sites is 1. The van der Waals surface area contributed by atoms with E-state index in [1.807, 2.05) is 37.3 Å². The zero-order chi connectivity index (χ0) is 14.8. The van der Waals surface area contributed by atoms with Gasteiger partial charge in [-0.25, -0.2) is 9.37 Å². The average molecular weight is 283 g/mol. The van der Waals surface area contributed by atoms with Crippen molar-refractivity contribution in [3.63, 3.8) is 0 Å². The van der Waals surface area contributed by atoms with Crippen LogP contribution >= 0.6 is 0 Å². The third-order valence-electron chi connectivity index (χ3n) is 3.26. The minimum Gasteiger partial charge on any atom is -0.307 e. The SMILES string of the molecule is CCN(C(=O)c1cn2cc(F)ccc2n1)c1ccccc1. The van der Waals surface area contributed by atoms with Gasteiger partial charge in [-0.2, -0.15) is 0 Å². The van der Waals surface area contributed by atoms with Crippen LogP contribution in [0.5, 0.6) is 0 Å². The van der Waals surface area contributed by atoms with Gasteiger partial charge in [-0.3, -0.25) is 4.79 Å². The van der Waals surface area contributed by atoms with Crippen molar-refractivity contribution in [2.45, 2.75) is 6.92 Å². The molecule has 2 heterocycles. The second-order valence-electron chi connectivity index (χ2n) is 4.62. The standard InChI is InChI=1S/C16H14FN3O/c1-2-20(13-6-4-3-5-7-13)16(21)14-11-19-10-12(17)8-9-15(19)18-14/h3-11H,2H2,1H3. The number of nitrogens with zero attached hydrogens (tertiary/aromatic N) is 3. The van der Waals surface area contributed by atoms with Crippen LogP contribution in [-0.4, -0.2) is 21.8 Å². The second-order valence-corrected chi connectivity index (χ2v) is 4.62. The van der Waals surface area contributed by atoms with Crippen LogP contribution in [0.2, 0.25) is 0 Å². The van der Waals surface area contributed by atoms with E-state index in [0.29, 0.717) is 17.9 Å². The monoisotopic (exact) mass is 283 g/mol. The Labute approximate surface area is 121 Å². The van der Waals surface area contributed by atoms with Gasteiger partial charge in [0.1, 0.15) is 17.2 Å². The summed E-state index contributed by atoms with van der Waals surface area (Å²) in [6, 6.07) is 12.3. The van der Waals surface area contributed by atoms with E-state index in [0.717, 1.165) is 5.69 Å². The third kappa shape index (κ3) is 2.50. The number of benzene rings is 1. The number of hydrogen-bond donors (Lipinski definition) is 0. The average Bonchev–Trinajstić information content (AvgIpc) is 2.92. The lowest BCUT2D eigenvalue weighted by molar-refractivity contribution is 0.0984. The first-order chi connectivity index (χ1) is 10.2. The van der Waals surface area contributed by atoms with E-state index in [-0.39, 0.29) is 11.7 Å². The number of imidazole rings is 1. The highest BCUT2D eigenvalue weighted by Gasteiger charge is 2.19. The lowest BCUT2D eigenvalue weighted by Gasteiger charge is -2.19. The van der Waals surface area contributed by atoms with E-state index in [9.17, 15) is 9.18 Å². The Morgan fingerprint density at radius 2 is 1.95 bits per heavy atom. The number of carbonyl (C=O) groups excluding carboxylic acids is 1. The predicted octanol–water partition coefficient (Wildman–Crippen LogP) is 3.14. The molecule has 1 aromatic carbocycles. The fourth-order valence-corrected chi connectivity index (χ4v) is 2.26. The van der Waals surface area contributed by atoms with E-state index in [1.165, 1.54) is 16.7 Å². The first kappa shape index (κ1) is 13.3. The van der Waals surface area contributed by atoms with E-state index in [4.69, 9.17) is 0 Å². The summed E-state index contributed by atoms with van der Waals surface area (Å²) >= 11 is 0. The summed E-state index contributed by atoms with van der Waals surface area (Å²) in [7, 11) is 0. The lowest BCUT2D eigenvalue weighted by Crippen LogP contribution is -2.30. The van der Waals surface area contributed by atoms with Gasteiger partial charge in [0.2, 0.25) is 0 Å². The van der Waals surface area contributed by atoms with Gasteiger partial charge in [-0.15, -0.1) is 0 Å². The van der Waals surface area contributed by atoms with Gasteiger partial charge in [0.05, 0.1) is 0 Å². The number of carbonyl (C=O) groups is 1. The van der Waals surface area contributed by atoms with Crippen LogP contribution in [0.3, 0.4) is 0 Å². The van der Waals surface area contributed by atoms with Gasteiger partial charge < -0.3 is 9.30 Å². The van der Waals surface area contributed by atoms with Crippen molar-refractivity contribution in [1.82, 2.24) is 9.38 Å². The molecule has 0 aliphatic rings. The van der Waals surface area contributed by atoms with Gasteiger partial charge in [0.25, 0.3) is 5.91 Å². The number of aromatic nitrogens is 2. The van der Waals surface area contributed by atoms with E-state index < -0.39 is 0 Å². The molecule has 0 unspecified atom stereocenters. The summed E-state index contributed by atoms with van der Waals surface area (Å²) in [5.41, 5.74) is 1.66. The van der Waals surface area contributed by atoms with Crippen LogP contribution in [0.15, 0.2) is 54.9 Å². The zero-order valence-corrected chi connectivity index (χ0v) is 11.5. The van der Waals surface area contributed by atoms with Crippen LogP contribution in [0, 0.1) is 5.82 Å². The molecule has 0 aliphatic heterocycles. The van der Waals surface area contributed by atoms with Gasteiger partial charge >= 0.3 is 0 Å². The van der Waals surface area contributed by atoms with Crippen molar-refractivity contribution in [1.29, 1.82) is 0 Å². The molecule has 1 amide bonds. The maximum atomic E-state index is 13.2. The molecule has 3 rings (SSSR count). The molecule has 0 spiro atoms. The molecule has 21 heavy (non-hydrogen) atoms. The predicted molar refractivity (Wildman–Crippen MR) is 78.9 cm³/mol. The van der Waals surface area contributed by atoms with Crippen molar-refractivity contribution in [2.24, 2.45) is 0 Å². The normalized spacial score (nSPS) is 10.8. The zero-order valence-electron chi connectivity index (χ0n) is 11.5. The Hall–Kier alpha value is -2.69. The van der Waals surface area contributed by atoms with Crippen LogP contribution in [0.1, 0.15) is 17.4 Å². The molecule has 0 saturated heterocycles. The number of halogens is 1. The number of rotatable bonds is 3. The molecule has 2 aromatic heterocycles. The summed E-state index contributed by atoms with van der Waals surface area (Å²) in [6.07, 6.45) is 2.85. The van der Waals surface area contributed by atoms with Crippen LogP contribution < -0.4 is 4.90 Å². The number of amides is 1. The van der Waals surface area contributed by atoms with Gasteiger partial charge in [0, 0.05) is 24.6 Å². The van der Waals surface area contributed by atoms with Gasteiger partial charge in [0.15, 0.2) is 0 Å². The number of anilines is 1. The van der Waals surface area contributed by atoms with Gasteiger partial charge in [-0.05, 0) is 31.2 Å². The maximum Gasteiger partial charge on any atom is 0.278 e. The fraction of sp³-hybridized carbons (Fsp3) is 0.125. The van der Waals surface area contributed by atoms with Crippen LogP contribution in [0.25, 0.3) is 5.65 Å². The smallest absolute Gasteiger partial charge is 0.278 e. The molecule has 0 fully saturated rings. The molecule has 0 radical (unpaired) electrons. The topological polar surface area (TPSA) is 37.6 Å². The molecule has 3 aromatic rings. The van der Waals surface area contributed by atoms with Crippen LogP contribution in [0.4, 0.5) is 10.1 Å². The summed E-state index contributed by atoms with van der Waals surface area (Å²) < 4.78 is 14.7. The number of pyridine rings is 1. The van der Waals surface area contributed by atoms with Crippen molar-refractivity contribution >= 4 is 17.2 Å². The quantitative estimate of drug-likeness (QED) is 0.740. The molecular weight excluding hydrogens is 269 g/mol. The molecule has 5 heteroatoms. The Morgan fingerprint density at radius 3 is 2.67 bits per heavy atom. The Morgan fingerprint density at radius 1 is 1.19 bits per heavy atom. The molecule has 0 atom stereocenters. The molecule has 0 bridgehead atoms. The largest absolute Gasteiger partial charge is 0.307 e. The molecule has 4 nitrogen and oxygen atoms in total. The Kier molecular flexibility index (Phi) is 3.39. The third-order valence-corrected chi connectivity index (χ3v) is 3.26. The van der Waals surface area contributed by atoms with Crippen molar-refractivity contribution in [3.05, 3.63) is 66.4 Å². The highest BCUT2D eigenvalue weighted by Crippen LogP contribution is 2.17. The fourth-order valence-electron chi connectivity index (χ4n) is 2.26. The molecule has 0 saturated carbocycles. The first-order valence-corrected chi connectivity index (χ1v) is 6.70. The molecule has 0 aliphatic carbocycles. The van der Waals surface area contributed by atoms with Crippen molar-refractivity contribution < 1.29 is 9.18 Å². The highest BCUT2D eigenvalue weighted by atomic mass is 19.1. The summed E-state index contributed by atoms with van der Waals surface area (Å²) in [5.74, 6) is -0.567. The Balaban J connectivity index is 1.98. The summed E-state index contributed by atoms with van der Waals surface area (Å²) in [5, 5.41) is 0. The van der Waals surface area contributed by atoms with Crippen molar-refractivity contribution in [2.75, 3.05) is 11.4 Å². The minimum atomic E-state index is -0.366. The van der Waals surface area contributed by atoms with Crippen molar-refractivity contribution in [3.8, 4) is 0 Å². The van der Waals surface area contributed by atoms with Crippen LogP contribution in [-0.2, 0) is 0 Å². The summed E-state index contributed by atoms with van der Waals surface area (Å²) in [4.78, 5) is 18.5. The Bertz CT molecular complexity index is 783. The summed E-state index contributed by atoms with van der Waals surface area (Å²) in [6.45, 7) is 2.44. The van der Waals surface area contributed by atoms with E-state index >= 15 is 0 Å². The van der Waals surface area contributed by atoms with Gasteiger partial charge in [-0.1, -0.05) is 18.2 Å². The van der Waals surface area contributed by atoms with E-state index in [1.54, 1.807) is 17.2 Å². The number of fused-ring (bicyclic) bond motifs is 1. The minimum absolute atomic E-state index is 0.201. The molecular formula is C16H14FN3O. The first-order valence-electron chi connectivity index (χ1n) is 6.70. The number of hydrogen-bond acceptors (Lipinski definition) is 2. The molecule has 106 valence electrons. The molecule has 0 N–H and O–H groups in total.